The molecule has 2 saturated heterocycles. The fraction of sp³-hybridized carbons (Fsp3) is 0.643. The molecule has 2 N–H and O–H groups in total. The van der Waals surface area contributed by atoms with Gasteiger partial charge in [-0.25, -0.2) is 9.97 Å². The SMILES string of the molecule is c1nc(NCC2CN3CCCCC3CO2)c2cn[nH]c2n1. The number of rotatable bonds is 3. The molecule has 7 nitrogen and oxygen atoms in total. The molecule has 2 fully saturated rings. The molecule has 2 aliphatic rings. The minimum Gasteiger partial charge on any atom is -0.373 e. The number of fused-ring (bicyclic) bond motifs is 2. The van der Waals surface area contributed by atoms with E-state index in [0.29, 0.717) is 6.04 Å². The second-order valence-corrected chi connectivity index (χ2v) is 5.84. The average Bonchev–Trinajstić information content (AvgIpc) is 3.02. The molecule has 4 heterocycles. The molecule has 0 saturated carbocycles. The number of aromatic amines is 1. The molecule has 2 atom stereocenters. The largest absolute Gasteiger partial charge is 0.373 e. The quantitative estimate of drug-likeness (QED) is 0.878. The number of anilines is 1. The molecule has 4 rings (SSSR count). The zero-order chi connectivity index (χ0) is 14.1. The number of aromatic nitrogens is 4. The van der Waals surface area contributed by atoms with Crippen molar-refractivity contribution in [2.75, 3.05) is 31.6 Å². The number of nitrogens with zero attached hydrogens (tertiary/aromatic N) is 4. The van der Waals surface area contributed by atoms with E-state index in [1.165, 1.54) is 25.8 Å². The van der Waals surface area contributed by atoms with Crippen LogP contribution in [0.25, 0.3) is 11.0 Å². The smallest absolute Gasteiger partial charge is 0.160 e. The number of H-pyrrole nitrogens is 1. The van der Waals surface area contributed by atoms with E-state index in [-0.39, 0.29) is 6.10 Å². The highest BCUT2D eigenvalue weighted by Gasteiger charge is 2.30. The van der Waals surface area contributed by atoms with Gasteiger partial charge >= 0.3 is 0 Å². The van der Waals surface area contributed by atoms with Gasteiger partial charge in [-0.3, -0.25) is 10.00 Å². The first-order chi connectivity index (χ1) is 10.4. The van der Waals surface area contributed by atoms with Crippen molar-refractivity contribution in [1.82, 2.24) is 25.1 Å². The summed E-state index contributed by atoms with van der Waals surface area (Å²) in [6.07, 6.45) is 7.45. The standard InChI is InChI=1S/C14H20N6O/c1-2-4-20-7-11(21-8-10(20)3-1)5-15-13-12-6-18-19-14(12)17-9-16-13/h6,9-11H,1-5,7-8H2,(H2,15,16,17,18,19). The molecule has 2 unspecified atom stereocenters. The third kappa shape index (κ3) is 2.58. The monoisotopic (exact) mass is 288 g/mol. The number of morpholine rings is 1. The molecule has 2 aliphatic heterocycles. The van der Waals surface area contributed by atoms with Crippen molar-refractivity contribution in [3.05, 3.63) is 12.5 Å². The van der Waals surface area contributed by atoms with Gasteiger partial charge in [0.2, 0.25) is 0 Å². The Hall–Kier alpha value is -1.73. The van der Waals surface area contributed by atoms with Crippen LogP contribution in [0.2, 0.25) is 0 Å². The summed E-state index contributed by atoms with van der Waals surface area (Å²) in [4.78, 5) is 11.0. The molecule has 0 bridgehead atoms. The number of hydrogen-bond donors (Lipinski definition) is 2. The number of nitrogens with one attached hydrogen (secondary N) is 2. The molecule has 0 aromatic carbocycles. The summed E-state index contributed by atoms with van der Waals surface area (Å²) in [6, 6.07) is 0.634. The van der Waals surface area contributed by atoms with E-state index in [4.69, 9.17) is 4.74 Å². The van der Waals surface area contributed by atoms with Crippen LogP contribution in [0.15, 0.2) is 12.5 Å². The summed E-state index contributed by atoms with van der Waals surface area (Å²) in [5, 5.41) is 11.2. The summed E-state index contributed by atoms with van der Waals surface area (Å²) >= 11 is 0. The van der Waals surface area contributed by atoms with Crippen LogP contribution < -0.4 is 5.32 Å². The van der Waals surface area contributed by atoms with Gasteiger partial charge in [-0.1, -0.05) is 6.42 Å². The van der Waals surface area contributed by atoms with E-state index in [2.05, 4.69) is 30.4 Å². The molecular formula is C14H20N6O. The first-order valence-corrected chi connectivity index (χ1v) is 7.64. The van der Waals surface area contributed by atoms with Crippen LogP contribution in [-0.2, 0) is 4.74 Å². The summed E-state index contributed by atoms with van der Waals surface area (Å²) in [5.41, 5.74) is 0.758. The average molecular weight is 288 g/mol. The maximum absolute atomic E-state index is 5.99. The highest BCUT2D eigenvalue weighted by Crippen LogP contribution is 2.23. The van der Waals surface area contributed by atoms with Gasteiger partial charge in [0.05, 0.1) is 24.3 Å². The Balaban J connectivity index is 1.39. The summed E-state index contributed by atoms with van der Waals surface area (Å²) in [7, 11) is 0. The van der Waals surface area contributed by atoms with E-state index < -0.39 is 0 Å². The van der Waals surface area contributed by atoms with Crippen molar-refractivity contribution < 1.29 is 4.74 Å². The van der Waals surface area contributed by atoms with E-state index >= 15 is 0 Å². The van der Waals surface area contributed by atoms with Crippen molar-refractivity contribution in [2.45, 2.75) is 31.4 Å². The van der Waals surface area contributed by atoms with Gasteiger partial charge in [0.1, 0.15) is 12.1 Å². The minimum absolute atomic E-state index is 0.219. The second-order valence-electron chi connectivity index (χ2n) is 5.84. The Labute approximate surface area is 123 Å². The third-order valence-corrected chi connectivity index (χ3v) is 4.46. The van der Waals surface area contributed by atoms with E-state index in [9.17, 15) is 0 Å². The highest BCUT2D eigenvalue weighted by molar-refractivity contribution is 5.85. The van der Waals surface area contributed by atoms with Gasteiger partial charge in [0.15, 0.2) is 5.65 Å². The summed E-state index contributed by atoms with van der Waals surface area (Å²) in [5.74, 6) is 0.818. The Morgan fingerprint density at radius 3 is 3.38 bits per heavy atom. The minimum atomic E-state index is 0.219. The summed E-state index contributed by atoms with van der Waals surface area (Å²) < 4.78 is 5.99. The fourth-order valence-corrected chi connectivity index (χ4v) is 3.29. The van der Waals surface area contributed by atoms with Crippen molar-refractivity contribution in [3.8, 4) is 0 Å². The van der Waals surface area contributed by atoms with Crippen LogP contribution in [0, 0.1) is 0 Å². The lowest BCUT2D eigenvalue weighted by Gasteiger charge is -2.42. The predicted octanol–water partition coefficient (Wildman–Crippen LogP) is 1.02. The molecule has 21 heavy (non-hydrogen) atoms. The Morgan fingerprint density at radius 1 is 1.38 bits per heavy atom. The number of ether oxygens (including phenoxy) is 1. The van der Waals surface area contributed by atoms with Crippen molar-refractivity contribution >= 4 is 16.9 Å². The van der Waals surface area contributed by atoms with Gasteiger partial charge in [-0.2, -0.15) is 5.10 Å². The van der Waals surface area contributed by atoms with Crippen molar-refractivity contribution in [3.63, 3.8) is 0 Å². The molecule has 2 aromatic heterocycles. The van der Waals surface area contributed by atoms with Crippen LogP contribution in [0.5, 0.6) is 0 Å². The maximum atomic E-state index is 5.99. The molecule has 2 aromatic rings. The molecule has 0 amide bonds. The van der Waals surface area contributed by atoms with Crippen LogP contribution in [-0.4, -0.2) is 63.5 Å². The van der Waals surface area contributed by atoms with Gasteiger partial charge in [0.25, 0.3) is 0 Å². The highest BCUT2D eigenvalue weighted by atomic mass is 16.5. The van der Waals surface area contributed by atoms with Gasteiger partial charge in [0, 0.05) is 19.1 Å². The lowest BCUT2D eigenvalue weighted by molar-refractivity contribution is -0.0689. The Kier molecular flexibility index (Phi) is 3.44. The van der Waals surface area contributed by atoms with E-state index in [0.717, 1.165) is 36.5 Å². The molecule has 0 spiro atoms. The third-order valence-electron chi connectivity index (χ3n) is 4.46. The molecule has 112 valence electrons. The number of piperidine rings is 1. The lowest BCUT2D eigenvalue weighted by atomic mass is 10.0. The zero-order valence-electron chi connectivity index (χ0n) is 12.0. The predicted molar refractivity (Wildman–Crippen MR) is 79.1 cm³/mol. The van der Waals surface area contributed by atoms with Crippen LogP contribution >= 0.6 is 0 Å². The molecule has 0 aliphatic carbocycles. The van der Waals surface area contributed by atoms with E-state index in [1.54, 1.807) is 12.5 Å². The lowest BCUT2D eigenvalue weighted by Crippen LogP contribution is -2.53. The van der Waals surface area contributed by atoms with Gasteiger partial charge in [-0.15, -0.1) is 0 Å². The Morgan fingerprint density at radius 2 is 2.38 bits per heavy atom. The Bertz CT molecular complexity index is 614. The van der Waals surface area contributed by atoms with Crippen LogP contribution in [0.4, 0.5) is 5.82 Å². The van der Waals surface area contributed by atoms with Crippen LogP contribution in [0.1, 0.15) is 19.3 Å². The topological polar surface area (TPSA) is 79.0 Å². The second kappa shape index (κ2) is 5.57. The van der Waals surface area contributed by atoms with Crippen LogP contribution in [0.3, 0.4) is 0 Å². The van der Waals surface area contributed by atoms with E-state index in [1.807, 2.05) is 0 Å². The van der Waals surface area contributed by atoms with Gasteiger partial charge in [-0.05, 0) is 19.4 Å². The van der Waals surface area contributed by atoms with Gasteiger partial charge < -0.3 is 10.1 Å². The number of hydrogen-bond acceptors (Lipinski definition) is 6. The zero-order valence-corrected chi connectivity index (χ0v) is 12.0. The first-order valence-electron chi connectivity index (χ1n) is 7.64. The molecular weight excluding hydrogens is 268 g/mol. The molecule has 0 radical (unpaired) electrons. The molecule has 7 heteroatoms. The van der Waals surface area contributed by atoms with Crippen molar-refractivity contribution in [1.29, 1.82) is 0 Å². The first kappa shape index (κ1) is 13.0. The normalized spacial score (nSPS) is 26.7. The summed E-state index contributed by atoms with van der Waals surface area (Å²) in [6.45, 7) is 3.85. The van der Waals surface area contributed by atoms with Crippen molar-refractivity contribution in [2.24, 2.45) is 0 Å². The maximum Gasteiger partial charge on any atom is 0.160 e. The fourth-order valence-electron chi connectivity index (χ4n) is 3.29.